The molecular formula is C25H26N2O3S. The van der Waals surface area contributed by atoms with E-state index in [1.165, 1.54) is 11.8 Å². The van der Waals surface area contributed by atoms with Crippen molar-refractivity contribution in [3.05, 3.63) is 83.9 Å². The van der Waals surface area contributed by atoms with Crippen molar-refractivity contribution in [2.45, 2.75) is 30.4 Å². The highest BCUT2D eigenvalue weighted by Crippen LogP contribution is 2.30. The van der Waals surface area contributed by atoms with Gasteiger partial charge in [0.05, 0.1) is 18.0 Å². The molecule has 160 valence electrons. The number of carbonyl (C=O) groups is 2. The van der Waals surface area contributed by atoms with Crippen LogP contribution in [0.25, 0.3) is 0 Å². The summed E-state index contributed by atoms with van der Waals surface area (Å²) in [5.74, 6) is 0.379. The summed E-state index contributed by atoms with van der Waals surface area (Å²) in [4.78, 5) is 26.4. The Hall–Kier alpha value is -3.25. The number of para-hydroxylation sites is 2. The van der Waals surface area contributed by atoms with Crippen molar-refractivity contribution in [1.82, 2.24) is 0 Å². The van der Waals surface area contributed by atoms with Gasteiger partial charge in [-0.25, -0.2) is 0 Å². The van der Waals surface area contributed by atoms with Crippen LogP contribution in [0.3, 0.4) is 0 Å². The first-order valence-corrected chi connectivity index (χ1v) is 11.0. The summed E-state index contributed by atoms with van der Waals surface area (Å²) in [5.41, 5.74) is 2.90. The molecule has 2 N–H and O–H groups in total. The van der Waals surface area contributed by atoms with Gasteiger partial charge in [0.1, 0.15) is 5.75 Å². The Kier molecular flexibility index (Phi) is 7.73. The van der Waals surface area contributed by atoms with Crippen molar-refractivity contribution in [2.75, 3.05) is 17.7 Å². The molecule has 0 heterocycles. The predicted octanol–water partition coefficient (Wildman–Crippen LogP) is 5.77. The summed E-state index contributed by atoms with van der Waals surface area (Å²) in [6.45, 7) is 3.89. The lowest BCUT2D eigenvalue weighted by Gasteiger charge is -2.17. The van der Waals surface area contributed by atoms with Gasteiger partial charge in [-0.05, 0) is 55.3 Å². The number of benzene rings is 3. The molecule has 0 saturated heterocycles. The van der Waals surface area contributed by atoms with Gasteiger partial charge in [0.15, 0.2) is 0 Å². The maximum absolute atomic E-state index is 12.8. The zero-order valence-electron chi connectivity index (χ0n) is 17.8. The third-order valence-electron chi connectivity index (χ3n) is 4.79. The van der Waals surface area contributed by atoms with E-state index >= 15 is 0 Å². The lowest BCUT2D eigenvalue weighted by molar-refractivity contribution is -0.115. The van der Waals surface area contributed by atoms with Gasteiger partial charge in [-0.15, -0.1) is 11.8 Å². The van der Waals surface area contributed by atoms with Gasteiger partial charge in [-0.1, -0.05) is 43.3 Å². The first kappa shape index (κ1) is 22.4. The van der Waals surface area contributed by atoms with Gasteiger partial charge in [0, 0.05) is 16.1 Å². The van der Waals surface area contributed by atoms with Crippen molar-refractivity contribution in [2.24, 2.45) is 0 Å². The molecule has 0 aliphatic heterocycles. The van der Waals surface area contributed by atoms with E-state index in [1.807, 2.05) is 80.6 Å². The van der Waals surface area contributed by atoms with E-state index < -0.39 is 0 Å². The monoisotopic (exact) mass is 434 g/mol. The average Bonchev–Trinajstić information content (AvgIpc) is 2.78. The topological polar surface area (TPSA) is 67.4 Å². The van der Waals surface area contributed by atoms with Crippen LogP contribution < -0.4 is 15.4 Å². The molecule has 0 bridgehead atoms. The van der Waals surface area contributed by atoms with E-state index in [2.05, 4.69) is 10.6 Å². The summed E-state index contributed by atoms with van der Waals surface area (Å²) in [5, 5.41) is 5.61. The Morgan fingerprint density at radius 3 is 2.45 bits per heavy atom. The number of ether oxygens (including phenoxy) is 1. The Morgan fingerprint density at radius 1 is 0.968 bits per heavy atom. The van der Waals surface area contributed by atoms with E-state index in [9.17, 15) is 9.59 Å². The van der Waals surface area contributed by atoms with E-state index in [1.54, 1.807) is 13.2 Å². The van der Waals surface area contributed by atoms with E-state index in [-0.39, 0.29) is 17.1 Å². The smallest absolute Gasteiger partial charge is 0.255 e. The number of hydrogen-bond donors (Lipinski definition) is 2. The number of nitrogens with one attached hydrogen (secondary N) is 2. The molecule has 0 saturated carbocycles. The molecule has 0 radical (unpaired) electrons. The number of methoxy groups -OCH3 is 1. The zero-order valence-corrected chi connectivity index (χ0v) is 18.7. The number of amides is 2. The van der Waals surface area contributed by atoms with Crippen LogP contribution in [0, 0.1) is 6.92 Å². The van der Waals surface area contributed by atoms with Crippen molar-refractivity contribution in [3.8, 4) is 5.75 Å². The summed E-state index contributed by atoms with van der Waals surface area (Å²) >= 11 is 1.47. The molecule has 0 spiro atoms. The van der Waals surface area contributed by atoms with Gasteiger partial charge < -0.3 is 15.4 Å². The molecule has 0 aromatic heterocycles. The lowest BCUT2D eigenvalue weighted by Crippen LogP contribution is -2.24. The normalized spacial score (nSPS) is 11.5. The van der Waals surface area contributed by atoms with Crippen LogP contribution in [0.5, 0.6) is 5.75 Å². The molecule has 2 amide bonds. The number of anilines is 2. The van der Waals surface area contributed by atoms with Gasteiger partial charge in [-0.3, -0.25) is 9.59 Å². The minimum absolute atomic E-state index is 0.0913. The first-order valence-electron chi connectivity index (χ1n) is 10.1. The standard InChI is InChI=1S/C25H26N2O3S/c1-4-23(25(29)27-21-14-7-8-15-22(21)30-3)31-19-12-9-11-18(16-19)26-24(28)20-13-6-5-10-17(20)2/h5-16,23H,4H2,1-3H3,(H,26,28)(H,27,29). The summed E-state index contributed by atoms with van der Waals surface area (Å²) < 4.78 is 5.31. The molecule has 1 atom stereocenters. The van der Waals surface area contributed by atoms with Crippen LogP contribution in [-0.2, 0) is 4.79 Å². The maximum atomic E-state index is 12.8. The maximum Gasteiger partial charge on any atom is 0.255 e. The highest BCUT2D eigenvalue weighted by molar-refractivity contribution is 8.00. The molecule has 3 aromatic rings. The van der Waals surface area contributed by atoms with Crippen molar-refractivity contribution < 1.29 is 14.3 Å². The highest BCUT2D eigenvalue weighted by atomic mass is 32.2. The lowest BCUT2D eigenvalue weighted by atomic mass is 10.1. The second-order valence-electron chi connectivity index (χ2n) is 7.00. The molecule has 3 rings (SSSR count). The number of thioether (sulfide) groups is 1. The predicted molar refractivity (Wildman–Crippen MR) is 127 cm³/mol. The Morgan fingerprint density at radius 2 is 1.71 bits per heavy atom. The van der Waals surface area contributed by atoms with E-state index in [4.69, 9.17) is 4.74 Å². The summed E-state index contributed by atoms with van der Waals surface area (Å²) in [6.07, 6.45) is 0.658. The fourth-order valence-electron chi connectivity index (χ4n) is 3.12. The fraction of sp³-hybridized carbons (Fsp3) is 0.200. The van der Waals surface area contributed by atoms with Crippen LogP contribution in [0.15, 0.2) is 77.7 Å². The Labute approximate surface area is 187 Å². The molecule has 31 heavy (non-hydrogen) atoms. The van der Waals surface area contributed by atoms with Crippen molar-refractivity contribution in [1.29, 1.82) is 0 Å². The van der Waals surface area contributed by atoms with Crippen molar-refractivity contribution >= 4 is 35.0 Å². The first-order chi connectivity index (χ1) is 15.0. The van der Waals surface area contributed by atoms with Crippen LogP contribution in [0.1, 0.15) is 29.3 Å². The average molecular weight is 435 g/mol. The molecule has 1 unspecified atom stereocenters. The second kappa shape index (κ2) is 10.7. The van der Waals surface area contributed by atoms with E-state index in [0.29, 0.717) is 29.1 Å². The van der Waals surface area contributed by atoms with Crippen LogP contribution in [0.4, 0.5) is 11.4 Å². The fourth-order valence-corrected chi connectivity index (χ4v) is 4.13. The minimum atomic E-state index is -0.285. The third-order valence-corrected chi connectivity index (χ3v) is 6.15. The number of rotatable bonds is 8. The molecule has 3 aromatic carbocycles. The van der Waals surface area contributed by atoms with E-state index in [0.717, 1.165) is 10.5 Å². The van der Waals surface area contributed by atoms with Gasteiger partial charge >= 0.3 is 0 Å². The number of aryl methyl sites for hydroxylation is 1. The Bertz CT molecular complexity index is 1070. The number of carbonyl (C=O) groups excluding carboxylic acids is 2. The summed E-state index contributed by atoms with van der Waals surface area (Å²) in [6, 6.07) is 22.4. The largest absolute Gasteiger partial charge is 0.495 e. The van der Waals surface area contributed by atoms with Crippen LogP contribution in [-0.4, -0.2) is 24.2 Å². The third kappa shape index (κ3) is 5.89. The van der Waals surface area contributed by atoms with Gasteiger partial charge in [-0.2, -0.15) is 0 Å². The highest BCUT2D eigenvalue weighted by Gasteiger charge is 2.19. The molecule has 0 aliphatic carbocycles. The molecule has 0 fully saturated rings. The molecule has 5 nitrogen and oxygen atoms in total. The molecule has 0 aliphatic rings. The van der Waals surface area contributed by atoms with Crippen LogP contribution in [0.2, 0.25) is 0 Å². The zero-order chi connectivity index (χ0) is 22.2. The second-order valence-corrected chi connectivity index (χ2v) is 8.28. The number of hydrogen-bond acceptors (Lipinski definition) is 4. The molecular weight excluding hydrogens is 408 g/mol. The Balaban J connectivity index is 1.69. The molecule has 6 heteroatoms. The van der Waals surface area contributed by atoms with Gasteiger partial charge in [0.2, 0.25) is 5.91 Å². The quantitative estimate of drug-likeness (QED) is 0.442. The van der Waals surface area contributed by atoms with Crippen molar-refractivity contribution in [3.63, 3.8) is 0 Å². The van der Waals surface area contributed by atoms with Crippen LogP contribution >= 0.6 is 11.8 Å². The summed E-state index contributed by atoms with van der Waals surface area (Å²) in [7, 11) is 1.58. The minimum Gasteiger partial charge on any atom is -0.495 e. The van der Waals surface area contributed by atoms with Gasteiger partial charge in [0.25, 0.3) is 5.91 Å². The SMILES string of the molecule is CCC(Sc1cccc(NC(=O)c2ccccc2C)c1)C(=O)Nc1ccccc1OC.